The van der Waals surface area contributed by atoms with Gasteiger partial charge in [-0.25, -0.2) is 0 Å². The standard InChI is InChI=1S/C12H13NO/c1-9(2)13-11-6-4-3-5-10(11)7-8-12(13)14/h3-9H,1-2H3. The van der Waals surface area contributed by atoms with Crippen LogP contribution in [0.3, 0.4) is 0 Å². The summed E-state index contributed by atoms with van der Waals surface area (Å²) in [5.41, 5.74) is 1.08. The molecule has 2 aromatic rings. The van der Waals surface area contributed by atoms with Crippen molar-refractivity contribution in [2.75, 3.05) is 0 Å². The number of rotatable bonds is 1. The van der Waals surface area contributed by atoms with E-state index in [1.165, 1.54) is 0 Å². The Kier molecular flexibility index (Phi) is 2.12. The number of pyridine rings is 1. The fraction of sp³-hybridized carbons (Fsp3) is 0.250. The van der Waals surface area contributed by atoms with Crippen LogP contribution >= 0.6 is 0 Å². The monoisotopic (exact) mass is 187 g/mol. The second-order valence-corrected chi connectivity index (χ2v) is 3.69. The van der Waals surface area contributed by atoms with E-state index in [4.69, 9.17) is 0 Å². The highest BCUT2D eigenvalue weighted by atomic mass is 16.1. The van der Waals surface area contributed by atoms with E-state index in [1.54, 1.807) is 6.07 Å². The lowest BCUT2D eigenvalue weighted by atomic mass is 10.2. The molecule has 0 N–H and O–H groups in total. The van der Waals surface area contributed by atoms with E-state index in [-0.39, 0.29) is 11.6 Å². The van der Waals surface area contributed by atoms with Crippen LogP contribution in [-0.2, 0) is 0 Å². The number of fused-ring (bicyclic) bond motifs is 1. The molecule has 0 spiro atoms. The third-order valence-electron chi connectivity index (χ3n) is 2.36. The van der Waals surface area contributed by atoms with Gasteiger partial charge in [0.15, 0.2) is 0 Å². The van der Waals surface area contributed by atoms with Crippen LogP contribution in [0.25, 0.3) is 10.9 Å². The van der Waals surface area contributed by atoms with E-state index >= 15 is 0 Å². The first-order valence-corrected chi connectivity index (χ1v) is 4.80. The average Bonchev–Trinajstić information content (AvgIpc) is 2.17. The molecule has 1 aromatic carbocycles. The van der Waals surface area contributed by atoms with E-state index in [1.807, 2.05) is 48.7 Å². The maximum atomic E-state index is 11.6. The van der Waals surface area contributed by atoms with Crippen molar-refractivity contribution in [1.82, 2.24) is 4.57 Å². The summed E-state index contributed by atoms with van der Waals surface area (Å²) in [5.74, 6) is 0. The van der Waals surface area contributed by atoms with Crippen molar-refractivity contribution < 1.29 is 0 Å². The van der Waals surface area contributed by atoms with Crippen LogP contribution in [0.5, 0.6) is 0 Å². The van der Waals surface area contributed by atoms with Crippen molar-refractivity contribution in [3.63, 3.8) is 0 Å². The van der Waals surface area contributed by atoms with E-state index in [2.05, 4.69) is 0 Å². The van der Waals surface area contributed by atoms with Crippen LogP contribution in [-0.4, -0.2) is 4.57 Å². The maximum Gasteiger partial charge on any atom is 0.251 e. The van der Waals surface area contributed by atoms with Gasteiger partial charge in [0.25, 0.3) is 5.56 Å². The second-order valence-electron chi connectivity index (χ2n) is 3.69. The molecule has 2 rings (SSSR count). The number of hydrogen-bond donors (Lipinski definition) is 0. The molecule has 0 fully saturated rings. The Hall–Kier alpha value is -1.57. The van der Waals surface area contributed by atoms with E-state index in [0.717, 1.165) is 10.9 Å². The predicted octanol–water partition coefficient (Wildman–Crippen LogP) is 2.58. The van der Waals surface area contributed by atoms with Gasteiger partial charge in [-0.15, -0.1) is 0 Å². The molecule has 0 aliphatic heterocycles. The van der Waals surface area contributed by atoms with Crippen molar-refractivity contribution in [3.05, 3.63) is 46.8 Å². The third kappa shape index (κ3) is 1.33. The Morgan fingerprint density at radius 1 is 1.07 bits per heavy atom. The van der Waals surface area contributed by atoms with Gasteiger partial charge in [-0.05, 0) is 31.4 Å². The van der Waals surface area contributed by atoms with Crippen LogP contribution < -0.4 is 5.56 Å². The number of para-hydroxylation sites is 1. The van der Waals surface area contributed by atoms with Crippen molar-refractivity contribution in [2.45, 2.75) is 19.9 Å². The lowest BCUT2D eigenvalue weighted by Gasteiger charge is -2.12. The minimum absolute atomic E-state index is 0.0682. The lowest BCUT2D eigenvalue weighted by molar-refractivity contribution is 0.600. The van der Waals surface area contributed by atoms with Gasteiger partial charge in [0.1, 0.15) is 0 Å². The molecule has 1 aromatic heterocycles. The first-order chi connectivity index (χ1) is 6.70. The van der Waals surface area contributed by atoms with Crippen molar-refractivity contribution in [2.24, 2.45) is 0 Å². The highest BCUT2D eigenvalue weighted by Crippen LogP contribution is 2.14. The van der Waals surface area contributed by atoms with Gasteiger partial charge in [-0.1, -0.05) is 18.2 Å². The summed E-state index contributed by atoms with van der Waals surface area (Å²) in [6.07, 6.45) is 0. The first-order valence-electron chi connectivity index (χ1n) is 4.80. The molecular formula is C12H13NO. The first kappa shape index (κ1) is 9.00. The van der Waals surface area contributed by atoms with Gasteiger partial charge in [0, 0.05) is 12.1 Å². The molecule has 0 atom stereocenters. The third-order valence-corrected chi connectivity index (χ3v) is 2.36. The van der Waals surface area contributed by atoms with Crippen LogP contribution in [0.15, 0.2) is 41.2 Å². The van der Waals surface area contributed by atoms with Gasteiger partial charge < -0.3 is 4.57 Å². The molecule has 2 nitrogen and oxygen atoms in total. The summed E-state index contributed by atoms with van der Waals surface area (Å²) < 4.78 is 1.81. The van der Waals surface area contributed by atoms with Gasteiger partial charge >= 0.3 is 0 Å². The maximum absolute atomic E-state index is 11.6. The zero-order valence-electron chi connectivity index (χ0n) is 8.40. The minimum Gasteiger partial charge on any atom is -0.306 e. The summed E-state index contributed by atoms with van der Waals surface area (Å²) in [7, 11) is 0. The number of nitrogens with zero attached hydrogens (tertiary/aromatic N) is 1. The van der Waals surface area contributed by atoms with E-state index < -0.39 is 0 Å². The molecule has 14 heavy (non-hydrogen) atoms. The highest BCUT2D eigenvalue weighted by Gasteiger charge is 2.04. The summed E-state index contributed by atoms with van der Waals surface area (Å²) in [5, 5.41) is 1.11. The largest absolute Gasteiger partial charge is 0.306 e. The number of benzene rings is 1. The molecule has 0 bridgehead atoms. The SMILES string of the molecule is CC(C)n1c(=O)ccc2ccccc21. The normalized spacial score (nSPS) is 11.1. The summed E-state index contributed by atoms with van der Waals surface area (Å²) in [6, 6.07) is 11.6. The van der Waals surface area contributed by atoms with Crippen molar-refractivity contribution in [1.29, 1.82) is 0 Å². The summed E-state index contributed by atoms with van der Waals surface area (Å²) in [6.45, 7) is 4.04. The minimum atomic E-state index is 0.0682. The molecule has 0 radical (unpaired) electrons. The molecule has 0 saturated heterocycles. The lowest BCUT2D eigenvalue weighted by Crippen LogP contribution is -2.20. The van der Waals surface area contributed by atoms with Crippen molar-refractivity contribution in [3.8, 4) is 0 Å². The molecule has 0 unspecified atom stereocenters. The topological polar surface area (TPSA) is 22.0 Å². The molecule has 1 heterocycles. The quantitative estimate of drug-likeness (QED) is 0.672. The molecule has 0 aliphatic rings. The van der Waals surface area contributed by atoms with Crippen LogP contribution in [0.1, 0.15) is 19.9 Å². The molecule has 0 amide bonds. The van der Waals surface area contributed by atoms with Gasteiger partial charge in [0.2, 0.25) is 0 Å². The average molecular weight is 187 g/mol. The second kappa shape index (κ2) is 3.29. The molecular weight excluding hydrogens is 174 g/mol. The van der Waals surface area contributed by atoms with Gasteiger partial charge in [-0.3, -0.25) is 4.79 Å². The molecule has 0 aliphatic carbocycles. The Balaban J connectivity index is 2.90. The summed E-state index contributed by atoms with van der Waals surface area (Å²) in [4.78, 5) is 11.6. The fourth-order valence-corrected chi connectivity index (χ4v) is 1.74. The fourth-order valence-electron chi connectivity index (χ4n) is 1.74. The number of hydrogen-bond acceptors (Lipinski definition) is 1. The Morgan fingerprint density at radius 3 is 2.50 bits per heavy atom. The van der Waals surface area contributed by atoms with E-state index in [0.29, 0.717) is 0 Å². The van der Waals surface area contributed by atoms with E-state index in [9.17, 15) is 4.79 Å². The van der Waals surface area contributed by atoms with Gasteiger partial charge in [-0.2, -0.15) is 0 Å². The number of aromatic nitrogens is 1. The van der Waals surface area contributed by atoms with Gasteiger partial charge in [0.05, 0.1) is 5.52 Å². The Morgan fingerprint density at radius 2 is 1.79 bits per heavy atom. The Bertz CT molecular complexity index is 511. The highest BCUT2D eigenvalue weighted by molar-refractivity contribution is 5.78. The van der Waals surface area contributed by atoms with Crippen LogP contribution in [0, 0.1) is 0 Å². The zero-order valence-corrected chi connectivity index (χ0v) is 8.40. The molecule has 0 saturated carbocycles. The zero-order chi connectivity index (χ0) is 10.1. The molecule has 2 heteroatoms. The molecule has 72 valence electrons. The van der Waals surface area contributed by atoms with Crippen LogP contribution in [0.4, 0.5) is 0 Å². The summed E-state index contributed by atoms with van der Waals surface area (Å²) >= 11 is 0. The Labute approximate surface area is 82.8 Å². The predicted molar refractivity (Wildman–Crippen MR) is 58.6 cm³/mol. The smallest absolute Gasteiger partial charge is 0.251 e. The van der Waals surface area contributed by atoms with Crippen LogP contribution in [0.2, 0.25) is 0 Å². The van der Waals surface area contributed by atoms with Crippen molar-refractivity contribution >= 4 is 10.9 Å².